The Labute approximate surface area is 127 Å². The Balaban J connectivity index is -0.0000000000909. The first kappa shape index (κ1) is 316. The summed E-state index contributed by atoms with van der Waals surface area (Å²) in [6, 6.07) is 0. The van der Waals surface area contributed by atoms with E-state index in [0.717, 1.165) is 0 Å². The van der Waals surface area contributed by atoms with Crippen LogP contribution in [0.25, 0.3) is 43.1 Å². The standard InChI is InChI=1S/2CH3.ClH.7H2N.3Pt/h2*1H3;1H;7*1H2;;;/q2*-1;;7*-1;;+1;+4/p-1. The van der Waals surface area contributed by atoms with Gasteiger partial charge in [-0.1, -0.05) is 0 Å². The van der Waals surface area contributed by atoms with E-state index in [9.17, 15) is 0 Å². The largest absolute Gasteiger partial charge is 4.00 e. The molecule has 0 aromatic rings. The molecule has 0 aliphatic heterocycles. The van der Waals surface area contributed by atoms with Gasteiger partial charge in [0.2, 0.25) is 0 Å². The average molecular weight is 763 g/mol. The van der Waals surface area contributed by atoms with E-state index in [1.54, 1.807) is 18.8 Å². The van der Waals surface area contributed by atoms with Crippen molar-refractivity contribution in [3.63, 3.8) is 0 Å². The van der Waals surface area contributed by atoms with Crippen LogP contribution in [0, 0.1) is 14.9 Å². The molecule has 0 saturated heterocycles. The Morgan fingerprint density at radius 3 is 0.538 bits per heavy atom. The van der Waals surface area contributed by atoms with Gasteiger partial charge in [-0.2, -0.15) is 0 Å². The molecule has 0 heterocycles. The Morgan fingerprint density at radius 2 is 0.538 bits per heavy atom. The summed E-state index contributed by atoms with van der Waals surface area (Å²) in [4.78, 5) is 0. The average Bonchev–Trinajstić information content (AvgIpc) is 1.00. The maximum Gasteiger partial charge on any atom is 4.00 e. The van der Waals surface area contributed by atoms with Crippen molar-refractivity contribution in [1.29, 1.82) is 0 Å². The fraction of sp³-hybridized carbons (Fsp3) is 0. The molecule has 0 bridgehead atoms. The van der Waals surface area contributed by atoms with E-state index in [1.165, 1.54) is 0 Å². The molecule has 14 N–H and O–H groups in total. The number of hydrogen-bond donors (Lipinski definition) is 0. The van der Waals surface area contributed by atoms with Crippen molar-refractivity contribution in [2.45, 2.75) is 0 Å². The number of hydrogen-bond acceptors (Lipinski definition) is 0. The molecule has 7 nitrogen and oxygen atoms in total. The van der Waals surface area contributed by atoms with Crippen LogP contribution < -0.4 is 0 Å². The zero-order valence-corrected chi connectivity index (χ0v) is 14.9. The number of halogens is 1. The Kier molecular flexibility index (Phi) is 13600. The first-order valence-electron chi connectivity index (χ1n) is 0.120. The molecule has 0 spiro atoms. The minimum absolute atomic E-state index is 0. The van der Waals surface area contributed by atoms with Crippen LogP contribution in [-0.2, 0) is 60.9 Å². The molecular weight excluding hydrogens is 743 g/mol. The molecular formula is C2H20ClN7Pt3-5. The fourth-order valence-corrected chi connectivity index (χ4v) is 0. The van der Waals surface area contributed by atoms with Gasteiger partial charge in [0, 0.05) is 21.1 Å². The summed E-state index contributed by atoms with van der Waals surface area (Å²) in [6.45, 7) is 0. The van der Waals surface area contributed by atoms with Crippen molar-refractivity contribution in [1.82, 2.24) is 0 Å². The van der Waals surface area contributed by atoms with Gasteiger partial charge in [0.25, 0.3) is 0 Å². The summed E-state index contributed by atoms with van der Waals surface area (Å²) in [5.41, 5.74) is 0. The van der Waals surface area contributed by atoms with E-state index in [-0.39, 0.29) is 100 Å². The van der Waals surface area contributed by atoms with Crippen LogP contribution in [0.15, 0.2) is 0 Å². The molecule has 0 unspecified atom stereocenters. The van der Waals surface area contributed by atoms with Crippen LogP contribution in [0.5, 0.6) is 0 Å². The van der Waals surface area contributed by atoms with Crippen molar-refractivity contribution in [2.75, 3.05) is 0 Å². The van der Waals surface area contributed by atoms with Crippen LogP contribution in [0.2, 0.25) is 0 Å². The maximum absolute atomic E-state index is 4.61. The summed E-state index contributed by atoms with van der Waals surface area (Å²) in [6.07, 6.45) is 0. The SMILES string of the molecule is [CH3-].[CH3-].[Cl][Pt].[NH2-].[NH2-].[NH2-].[NH2-].[NH2-].[NH2-].[NH2-].[Pt+4].[Pt]. The number of rotatable bonds is 0. The van der Waals surface area contributed by atoms with E-state index in [1.807, 2.05) is 0 Å². The zero-order chi connectivity index (χ0) is 2.00. The molecule has 13 heavy (non-hydrogen) atoms. The Hall–Kier alpha value is 2.07. The van der Waals surface area contributed by atoms with E-state index in [2.05, 4.69) is 9.42 Å². The molecule has 11 heteroatoms. The van der Waals surface area contributed by atoms with Gasteiger partial charge in [-0.25, -0.2) is 0 Å². The molecule has 0 radical (unpaired) electrons. The van der Waals surface area contributed by atoms with E-state index >= 15 is 0 Å². The molecule has 0 rings (SSSR count). The van der Waals surface area contributed by atoms with Gasteiger partial charge in [0.15, 0.2) is 0 Å². The van der Waals surface area contributed by atoms with Crippen molar-refractivity contribution in [3.8, 4) is 0 Å². The third kappa shape index (κ3) is 477. The summed E-state index contributed by atoms with van der Waals surface area (Å²) in [5, 5.41) is 0. The smallest absolute Gasteiger partial charge is 0.693 e. The topological polar surface area (TPSA) is 234 Å². The van der Waals surface area contributed by atoms with Gasteiger partial charge >= 0.3 is 49.3 Å². The molecule has 0 aromatic carbocycles. The van der Waals surface area contributed by atoms with Crippen LogP contribution >= 0.6 is 9.42 Å². The maximum atomic E-state index is 4.61. The van der Waals surface area contributed by atoms with Crippen molar-refractivity contribution >= 4 is 9.42 Å². The Bertz CT molecular complexity index is 21.7. The predicted molar refractivity (Wildman–Crippen MR) is 55.7 cm³/mol. The van der Waals surface area contributed by atoms with Gasteiger partial charge in [-0.15, -0.1) is 0 Å². The van der Waals surface area contributed by atoms with Crippen LogP contribution in [-0.4, -0.2) is 0 Å². The summed E-state index contributed by atoms with van der Waals surface area (Å²) < 4.78 is 0. The third-order valence-corrected chi connectivity index (χ3v) is 0. The molecule has 0 atom stereocenters. The van der Waals surface area contributed by atoms with Gasteiger partial charge in [0.05, 0.1) is 0 Å². The van der Waals surface area contributed by atoms with E-state index < -0.39 is 0 Å². The van der Waals surface area contributed by atoms with Crippen molar-refractivity contribution < 1.29 is 60.9 Å². The van der Waals surface area contributed by atoms with Gasteiger partial charge in [-0.3, -0.25) is 0 Å². The summed E-state index contributed by atoms with van der Waals surface area (Å²) >= 11 is 1.61. The number of nitrogens with two attached hydrogens (primary N) is 7. The Morgan fingerprint density at radius 1 is 0.538 bits per heavy atom. The monoisotopic (exact) mass is 762 g/mol. The molecule has 0 aromatic heterocycles. The first-order chi connectivity index (χ1) is 1.00. The molecule has 0 aliphatic rings. The third-order valence-electron chi connectivity index (χ3n) is 0. The zero-order valence-electron chi connectivity index (χ0n) is 7.37. The molecule has 0 amide bonds. The second kappa shape index (κ2) is 559. The van der Waals surface area contributed by atoms with E-state index in [0.29, 0.717) is 0 Å². The van der Waals surface area contributed by atoms with Crippen molar-refractivity contribution in [3.05, 3.63) is 57.9 Å². The van der Waals surface area contributed by atoms with Gasteiger partial charge in [-0.05, 0) is 0 Å². The van der Waals surface area contributed by atoms with Crippen LogP contribution in [0.1, 0.15) is 0 Å². The second-order valence-electron chi connectivity index (χ2n) is 0. The predicted octanol–water partition coefficient (Wildman–Crippen LogP) is 6.60. The molecule has 0 fully saturated rings. The fourth-order valence-electron chi connectivity index (χ4n) is 0. The van der Waals surface area contributed by atoms with Crippen LogP contribution in [0.4, 0.5) is 0 Å². The summed E-state index contributed by atoms with van der Waals surface area (Å²) in [5.74, 6) is 0. The minimum Gasteiger partial charge on any atom is -0.693 e. The molecule has 105 valence electrons. The second-order valence-corrected chi connectivity index (χ2v) is 0. The van der Waals surface area contributed by atoms with Crippen LogP contribution in [0.3, 0.4) is 0 Å². The normalized spacial score (nSPS) is 0.538. The molecule has 0 saturated carbocycles. The van der Waals surface area contributed by atoms with Gasteiger partial charge < -0.3 is 57.9 Å². The van der Waals surface area contributed by atoms with Crippen molar-refractivity contribution in [2.24, 2.45) is 0 Å². The minimum atomic E-state index is 0. The molecule has 0 aliphatic carbocycles. The van der Waals surface area contributed by atoms with Gasteiger partial charge in [0.1, 0.15) is 0 Å². The summed E-state index contributed by atoms with van der Waals surface area (Å²) in [7, 11) is 4.61. The quantitative estimate of drug-likeness (QED) is 0.237. The first-order valence-corrected chi connectivity index (χ1v) is 2.94. The van der Waals surface area contributed by atoms with E-state index in [4.69, 9.17) is 0 Å².